The maximum absolute atomic E-state index is 12.8. The second-order valence-corrected chi connectivity index (χ2v) is 16.2. The van der Waals surface area contributed by atoms with E-state index in [-0.39, 0.29) is 12.8 Å². The Morgan fingerprint density at radius 3 is 1.42 bits per heavy atom. The van der Waals surface area contributed by atoms with E-state index in [1.54, 1.807) is 0 Å². The highest BCUT2D eigenvalue weighted by molar-refractivity contribution is 7.47. The number of aliphatic hydroxyl groups excluding tert-OH is 5. The molecule has 0 aromatic carbocycles. The maximum atomic E-state index is 12.8. The topological polar surface area (TPSA) is 210 Å². The van der Waals surface area contributed by atoms with Crippen LogP contribution in [0, 0.1) is 0 Å². The first kappa shape index (κ1) is 51.3. The standard InChI is InChI=1S/C41H75O13P/c1-3-5-7-9-11-13-15-17-19-21-23-25-27-29-34(42)51-31-33(32-52-55(49,50)54-41-39(47)37(45)36(44)38(46)40(41)48)53-35(43)30-28-26-24-22-20-18-16-14-12-10-8-6-4-2/h14,16-17,19,33,36-41,44-48H,3-13,15,18,20-32H2,1-2H3,(H,49,50)/b16-14+,19-17+/t33-,36?,37-,38?,39?,40?,41?/m1/s1. The van der Waals surface area contributed by atoms with Crippen LogP contribution in [0.15, 0.2) is 24.3 Å². The number of hydrogen-bond donors (Lipinski definition) is 6. The van der Waals surface area contributed by atoms with E-state index in [4.69, 9.17) is 18.5 Å². The minimum atomic E-state index is -5.11. The highest BCUT2D eigenvalue weighted by Gasteiger charge is 2.51. The summed E-state index contributed by atoms with van der Waals surface area (Å²) in [4.78, 5) is 35.5. The van der Waals surface area contributed by atoms with Crippen LogP contribution in [0.5, 0.6) is 0 Å². The van der Waals surface area contributed by atoms with Gasteiger partial charge in [-0.3, -0.25) is 18.6 Å². The quantitative estimate of drug-likeness (QED) is 0.0164. The van der Waals surface area contributed by atoms with Crippen molar-refractivity contribution in [1.29, 1.82) is 0 Å². The van der Waals surface area contributed by atoms with Crippen molar-refractivity contribution in [2.75, 3.05) is 13.2 Å². The number of aliphatic hydroxyl groups is 5. The molecule has 1 saturated carbocycles. The SMILES string of the molecule is CCCCCC/C=C/CCCCCCCC(=O)O[C@H](COC(=O)CCCCC/C=C/CCCCCCCC)COP(=O)(O)OC1C(O)C(O)C(O)[C@@H](O)C1O. The monoisotopic (exact) mass is 806 g/mol. The van der Waals surface area contributed by atoms with Crippen LogP contribution < -0.4 is 0 Å². The third-order valence-electron chi connectivity index (χ3n) is 9.77. The fourth-order valence-corrected chi connectivity index (χ4v) is 7.25. The van der Waals surface area contributed by atoms with Gasteiger partial charge in [0.15, 0.2) is 6.10 Å². The third kappa shape index (κ3) is 25.3. The van der Waals surface area contributed by atoms with Crippen LogP contribution in [-0.4, -0.2) is 98.3 Å². The molecular formula is C41H75O13P. The van der Waals surface area contributed by atoms with Gasteiger partial charge in [-0.1, -0.05) is 115 Å². The van der Waals surface area contributed by atoms with E-state index in [0.29, 0.717) is 12.8 Å². The van der Waals surface area contributed by atoms with Crippen molar-refractivity contribution in [3.8, 4) is 0 Å². The van der Waals surface area contributed by atoms with E-state index in [1.165, 1.54) is 64.2 Å². The summed E-state index contributed by atoms with van der Waals surface area (Å²) in [7, 11) is -5.11. The number of hydrogen-bond acceptors (Lipinski definition) is 12. The molecule has 6 unspecified atom stereocenters. The summed E-state index contributed by atoms with van der Waals surface area (Å²) in [6, 6.07) is 0. The number of rotatable bonds is 34. The van der Waals surface area contributed by atoms with Gasteiger partial charge >= 0.3 is 19.8 Å². The van der Waals surface area contributed by atoms with Gasteiger partial charge in [0.05, 0.1) is 6.61 Å². The molecule has 8 atom stereocenters. The van der Waals surface area contributed by atoms with E-state index in [9.17, 15) is 44.6 Å². The third-order valence-corrected chi connectivity index (χ3v) is 10.8. The summed E-state index contributed by atoms with van der Waals surface area (Å²) in [6.07, 6.45) is 19.6. The highest BCUT2D eigenvalue weighted by atomic mass is 31.2. The van der Waals surface area contributed by atoms with Crippen LogP contribution in [0.25, 0.3) is 0 Å². The Morgan fingerprint density at radius 1 is 0.545 bits per heavy atom. The first-order valence-corrected chi connectivity index (χ1v) is 22.6. The van der Waals surface area contributed by atoms with Gasteiger partial charge in [0, 0.05) is 12.8 Å². The average Bonchev–Trinajstić information content (AvgIpc) is 3.16. The van der Waals surface area contributed by atoms with Crippen molar-refractivity contribution < 1.29 is 63.1 Å². The molecule has 0 radical (unpaired) electrons. The van der Waals surface area contributed by atoms with Crippen LogP contribution in [0.2, 0.25) is 0 Å². The fourth-order valence-electron chi connectivity index (χ4n) is 6.28. The summed E-state index contributed by atoms with van der Waals surface area (Å²) in [5.41, 5.74) is 0. The Bertz CT molecular complexity index is 1070. The Morgan fingerprint density at radius 2 is 0.927 bits per heavy atom. The van der Waals surface area contributed by atoms with Gasteiger partial charge in [0.1, 0.15) is 43.2 Å². The first-order valence-electron chi connectivity index (χ1n) is 21.1. The molecule has 1 aliphatic rings. The van der Waals surface area contributed by atoms with E-state index in [2.05, 4.69) is 38.2 Å². The number of phosphoric acid groups is 1. The normalized spacial score (nSPS) is 23.3. The zero-order valence-corrected chi connectivity index (χ0v) is 34.6. The van der Waals surface area contributed by atoms with Gasteiger partial charge in [-0.2, -0.15) is 0 Å². The van der Waals surface area contributed by atoms with E-state index in [1.807, 2.05) is 0 Å². The molecular weight excluding hydrogens is 731 g/mol. The van der Waals surface area contributed by atoms with E-state index < -0.39 is 75.7 Å². The van der Waals surface area contributed by atoms with Crippen LogP contribution in [0.3, 0.4) is 0 Å². The lowest BCUT2D eigenvalue weighted by Gasteiger charge is -2.41. The molecule has 0 bridgehead atoms. The van der Waals surface area contributed by atoms with Crippen molar-refractivity contribution in [2.45, 2.75) is 211 Å². The minimum Gasteiger partial charge on any atom is -0.462 e. The number of phosphoric ester groups is 1. The summed E-state index contributed by atoms with van der Waals surface area (Å²) >= 11 is 0. The predicted octanol–water partition coefficient (Wildman–Crippen LogP) is 7.28. The molecule has 0 aromatic heterocycles. The Balaban J connectivity index is 2.53. The molecule has 14 heteroatoms. The maximum Gasteiger partial charge on any atom is 0.472 e. The molecule has 0 heterocycles. The molecule has 1 aliphatic carbocycles. The number of carbonyl (C=O) groups is 2. The Hall–Kier alpha value is -1.67. The molecule has 0 amide bonds. The summed E-state index contributed by atoms with van der Waals surface area (Å²) in [5.74, 6) is -1.13. The van der Waals surface area contributed by atoms with Crippen molar-refractivity contribution in [1.82, 2.24) is 0 Å². The van der Waals surface area contributed by atoms with Crippen molar-refractivity contribution in [2.24, 2.45) is 0 Å². The molecule has 13 nitrogen and oxygen atoms in total. The Labute approximate surface area is 330 Å². The predicted molar refractivity (Wildman–Crippen MR) is 212 cm³/mol. The van der Waals surface area contributed by atoms with Gasteiger partial charge in [0.25, 0.3) is 0 Å². The fraction of sp³-hybridized carbons (Fsp3) is 0.854. The smallest absolute Gasteiger partial charge is 0.462 e. The van der Waals surface area contributed by atoms with Gasteiger partial charge < -0.3 is 39.9 Å². The first-order chi connectivity index (χ1) is 26.4. The lowest BCUT2D eigenvalue weighted by Crippen LogP contribution is -2.64. The number of unbranched alkanes of at least 4 members (excludes halogenated alkanes) is 18. The number of ether oxygens (including phenoxy) is 2. The van der Waals surface area contributed by atoms with Crippen LogP contribution in [-0.2, 0) is 32.7 Å². The van der Waals surface area contributed by atoms with Crippen LogP contribution in [0.4, 0.5) is 0 Å². The highest BCUT2D eigenvalue weighted by Crippen LogP contribution is 2.47. The molecule has 0 saturated heterocycles. The van der Waals surface area contributed by atoms with Crippen molar-refractivity contribution in [3.63, 3.8) is 0 Å². The van der Waals surface area contributed by atoms with E-state index >= 15 is 0 Å². The molecule has 1 fully saturated rings. The Kier molecular flexibility index (Phi) is 30.2. The second kappa shape index (κ2) is 32.3. The molecule has 6 N–H and O–H groups in total. The van der Waals surface area contributed by atoms with E-state index in [0.717, 1.165) is 64.2 Å². The summed E-state index contributed by atoms with van der Waals surface area (Å²) in [6.45, 7) is 3.23. The van der Waals surface area contributed by atoms with Crippen molar-refractivity contribution in [3.05, 3.63) is 24.3 Å². The molecule has 1 rings (SSSR count). The second-order valence-electron chi connectivity index (χ2n) is 14.8. The van der Waals surface area contributed by atoms with Gasteiger partial charge in [-0.25, -0.2) is 4.57 Å². The minimum absolute atomic E-state index is 0.0847. The average molecular weight is 807 g/mol. The van der Waals surface area contributed by atoms with Crippen molar-refractivity contribution >= 4 is 19.8 Å². The number of carbonyl (C=O) groups excluding carboxylic acids is 2. The summed E-state index contributed by atoms with van der Waals surface area (Å²) < 4.78 is 33.4. The summed E-state index contributed by atoms with van der Waals surface area (Å²) in [5, 5.41) is 50.0. The molecule has 0 aliphatic heterocycles. The number of allylic oxidation sites excluding steroid dienone is 4. The lowest BCUT2D eigenvalue weighted by atomic mass is 9.85. The zero-order valence-electron chi connectivity index (χ0n) is 33.7. The molecule has 55 heavy (non-hydrogen) atoms. The van der Waals surface area contributed by atoms with Gasteiger partial charge in [0.2, 0.25) is 0 Å². The van der Waals surface area contributed by atoms with Crippen LogP contribution in [0.1, 0.15) is 168 Å². The lowest BCUT2D eigenvalue weighted by molar-refractivity contribution is -0.220. The zero-order chi connectivity index (χ0) is 40.7. The molecule has 0 spiro atoms. The molecule has 322 valence electrons. The van der Waals surface area contributed by atoms with Crippen LogP contribution >= 0.6 is 7.82 Å². The largest absolute Gasteiger partial charge is 0.472 e. The number of esters is 2. The molecule has 0 aromatic rings. The van der Waals surface area contributed by atoms with Gasteiger partial charge in [-0.15, -0.1) is 0 Å². The van der Waals surface area contributed by atoms with Gasteiger partial charge in [-0.05, 0) is 64.2 Å².